The van der Waals surface area contributed by atoms with E-state index in [9.17, 15) is 9.59 Å². The van der Waals surface area contributed by atoms with Gasteiger partial charge in [0.25, 0.3) is 5.91 Å². The molecule has 25 heavy (non-hydrogen) atoms. The van der Waals surface area contributed by atoms with Gasteiger partial charge in [-0.3, -0.25) is 9.59 Å². The summed E-state index contributed by atoms with van der Waals surface area (Å²) < 4.78 is 1.61. The minimum absolute atomic E-state index is 0.0114. The van der Waals surface area contributed by atoms with Crippen LogP contribution >= 0.6 is 0 Å². The summed E-state index contributed by atoms with van der Waals surface area (Å²) in [7, 11) is 0. The predicted octanol–water partition coefficient (Wildman–Crippen LogP) is 0.497. The van der Waals surface area contributed by atoms with Crippen molar-refractivity contribution >= 4 is 17.5 Å². The largest absolute Gasteiger partial charge is 0.354 e. The molecule has 134 valence electrons. The molecule has 0 spiro atoms. The molecule has 0 aliphatic carbocycles. The van der Waals surface area contributed by atoms with E-state index in [1.54, 1.807) is 16.9 Å². The van der Waals surface area contributed by atoms with Gasteiger partial charge in [0.1, 0.15) is 5.56 Å². The zero-order chi connectivity index (χ0) is 17.8. The third kappa shape index (κ3) is 3.79. The number of nitrogens with two attached hydrogens (primary N) is 1. The van der Waals surface area contributed by atoms with Crippen molar-refractivity contribution in [2.45, 2.75) is 38.6 Å². The fraction of sp³-hybridized carbons (Fsp3) is 0.529. The van der Waals surface area contributed by atoms with Gasteiger partial charge in [0.05, 0.1) is 6.20 Å². The molecule has 0 bridgehead atoms. The number of aryl methyl sites for hydroxylation is 1. The summed E-state index contributed by atoms with van der Waals surface area (Å²) in [5.41, 5.74) is 7.31. The van der Waals surface area contributed by atoms with Crippen LogP contribution in [0.25, 0.3) is 5.65 Å². The lowest BCUT2D eigenvalue weighted by Gasteiger charge is -2.35. The molecule has 1 unspecified atom stereocenters. The van der Waals surface area contributed by atoms with E-state index in [4.69, 9.17) is 5.73 Å². The number of aromatic nitrogens is 3. The van der Waals surface area contributed by atoms with Crippen LogP contribution in [-0.2, 0) is 4.79 Å². The molecule has 2 amide bonds. The molecule has 3 rings (SSSR count). The van der Waals surface area contributed by atoms with E-state index in [1.807, 2.05) is 17.9 Å². The maximum Gasteiger partial charge on any atom is 0.259 e. The van der Waals surface area contributed by atoms with Gasteiger partial charge in [-0.15, -0.1) is 0 Å². The number of carbonyl (C=O) groups excluding carboxylic acids is 2. The van der Waals surface area contributed by atoms with Crippen LogP contribution in [-0.4, -0.2) is 57.0 Å². The Morgan fingerprint density at radius 1 is 1.40 bits per heavy atom. The van der Waals surface area contributed by atoms with Gasteiger partial charge in [-0.1, -0.05) is 0 Å². The number of amides is 2. The summed E-state index contributed by atoms with van der Waals surface area (Å²) in [6, 6.07) is 1.84. The standard InChI is InChI=1S/C17H24N6O2/c1-12-6-9-23-16(21-12)14(11-20-23)17(25)22-8-3-2-4-13(22)10-19-15(24)5-7-18/h6,9,11,13H,2-5,7-8,10,18H2,1H3,(H,19,24). The van der Waals surface area contributed by atoms with Gasteiger partial charge in [-0.25, -0.2) is 9.50 Å². The monoisotopic (exact) mass is 344 g/mol. The second kappa shape index (κ2) is 7.60. The number of hydrogen-bond acceptors (Lipinski definition) is 5. The van der Waals surface area contributed by atoms with Crippen LogP contribution in [0.1, 0.15) is 41.7 Å². The average Bonchev–Trinajstić information content (AvgIpc) is 3.03. The Bertz CT molecular complexity index is 772. The third-order valence-electron chi connectivity index (χ3n) is 4.53. The summed E-state index contributed by atoms with van der Waals surface area (Å²) >= 11 is 0. The molecule has 1 atom stereocenters. The minimum atomic E-state index is -0.0779. The predicted molar refractivity (Wildman–Crippen MR) is 93.1 cm³/mol. The quantitative estimate of drug-likeness (QED) is 0.821. The number of rotatable bonds is 5. The molecule has 1 saturated heterocycles. The second-order valence-corrected chi connectivity index (χ2v) is 6.39. The molecule has 8 heteroatoms. The smallest absolute Gasteiger partial charge is 0.259 e. The third-order valence-corrected chi connectivity index (χ3v) is 4.53. The Hall–Kier alpha value is -2.48. The van der Waals surface area contributed by atoms with Crippen LogP contribution in [0.4, 0.5) is 0 Å². The summed E-state index contributed by atoms with van der Waals surface area (Å²) in [6.07, 6.45) is 6.56. The SMILES string of the molecule is Cc1ccn2ncc(C(=O)N3CCCCC3CNC(=O)CCN)c2n1. The Morgan fingerprint density at radius 2 is 2.24 bits per heavy atom. The average molecular weight is 344 g/mol. The minimum Gasteiger partial charge on any atom is -0.354 e. The van der Waals surface area contributed by atoms with Crippen molar-refractivity contribution < 1.29 is 9.59 Å². The van der Waals surface area contributed by atoms with Gasteiger partial charge in [-0.05, 0) is 32.3 Å². The van der Waals surface area contributed by atoms with Crippen LogP contribution in [0.15, 0.2) is 18.5 Å². The molecule has 1 fully saturated rings. The number of piperidine rings is 1. The number of carbonyl (C=O) groups is 2. The van der Waals surface area contributed by atoms with Crippen molar-refractivity contribution in [3.8, 4) is 0 Å². The summed E-state index contributed by atoms with van der Waals surface area (Å²) in [4.78, 5) is 31.0. The van der Waals surface area contributed by atoms with Crippen molar-refractivity contribution in [2.24, 2.45) is 5.73 Å². The first-order chi connectivity index (χ1) is 12.1. The van der Waals surface area contributed by atoms with Crippen molar-refractivity contribution in [1.82, 2.24) is 24.8 Å². The molecule has 2 aromatic heterocycles. The highest BCUT2D eigenvalue weighted by Gasteiger charge is 2.29. The van der Waals surface area contributed by atoms with E-state index < -0.39 is 0 Å². The number of nitrogens with one attached hydrogen (secondary N) is 1. The Labute approximate surface area is 146 Å². The summed E-state index contributed by atoms with van der Waals surface area (Å²) in [5, 5.41) is 7.10. The lowest BCUT2D eigenvalue weighted by atomic mass is 10.0. The van der Waals surface area contributed by atoms with E-state index in [-0.39, 0.29) is 17.9 Å². The highest BCUT2D eigenvalue weighted by atomic mass is 16.2. The number of likely N-dealkylation sites (tertiary alicyclic amines) is 1. The van der Waals surface area contributed by atoms with Crippen LogP contribution in [0, 0.1) is 6.92 Å². The first-order valence-corrected chi connectivity index (χ1v) is 8.69. The second-order valence-electron chi connectivity index (χ2n) is 6.39. The van der Waals surface area contributed by atoms with E-state index >= 15 is 0 Å². The van der Waals surface area contributed by atoms with Gasteiger partial charge in [0.15, 0.2) is 5.65 Å². The Kier molecular flexibility index (Phi) is 5.28. The molecule has 2 aromatic rings. The van der Waals surface area contributed by atoms with E-state index in [0.717, 1.165) is 25.0 Å². The lowest BCUT2D eigenvalue weighted by molar-refractivity contribution is -0.121. The first kappa shape index (κ1) is 17.3. The maximum absolute atomic E-state index is 13.1. The maximum atomic E-state index is 13.1. The first-order valence-electron chi connectivity index (χ1n) is 8.69. The van der Waals surface area contributed by atoms with Gasteiger partial charge < -0.3 is 16.0 Å². The Balaban J connectivity index is 1.78. The summed E-state index contributed by atoms with van der Waals surface area (Å²) in [5.74, 6) is -0.153. The van der Waals surface area contributed by atoms with Gasteiger partial charge >= 0.3 is 0 Å². The van der Waals surface area contributed by atoms with Crippen molar-refractivity contribution in [3.05, 3.63) is 29.7 Å². The fourth-order valence-corrected chi connectivity index (χ4v) is 3.20. The highest BCUT2D eigenvalue weighted by molar-refractivity contribution is 5.99. The van der Waals surface area contributed by atoms with Crippen LogP contribution in [0.3, 0.4) is 0 Å². The van der Waals surface area contributed by atoms with Crippen LogP contribution < -0.4 is 11.1 Å². The molecule has 0 saturated carbocycles. The number of nitrogens with zero attached hydrogens (tertiary/aromatic N) is 4. The fourth-order valence-electron chi connectivity index (χ4n) is 3.20. The van der Waals surface area contributed by atoms with Gasteiger partial charge in [0, 0.05) is 44.0 Å². The number of hydrogen-bond donors (Lipinski definition) is 2. The molecule has 1 aliphatic rings. The highest BCUT2D eigenvalue weighted by Crippen LogP contribution is 2.21. The normalized spacial score (nSPS) is 17.7. The zero-order valence-corrected chi connectivity index (χ0v) is 14.4. The summed E-state index contributed by atoms with van der Waals surface area (Å²) in [6.45, 7) is 3.35. The molecule has 0 radical (unpaired) electrons. The van der Waals surface area contributed by atoms with Gasteiger partial charge in [0.2, 0.25) is 5.91 Å². The van der Waals surface area contributed by atoms with Crippen molar-refractivity contribution in [3.63, 3.8) is 0 Å². The molecule has 0 aromatic carbocycles. The van der Waals surface area contributed by atoms with E-state index in [1.165, 1.54) is 0 Å². The van der Waals surface area contributed by atoms with E-state index in [2.05, 4.69) is 15.4 Å². The van der Waals surface area contributed by atoms with Crippen LogP contribution in [0.2, 0.25) is 0 Å². The molecule has 1 aliphatic heterocycles. The lowest BCUT2D eigenvalue weighted by Crippen LogP contribution is -2.49. The molecule has 3 N–H and O–H groups in total. The molecular formula is C17H24N6O2. The Morgan fingerprint density at radius 3 is 3.04 bits per heavy atom. The van der Waals surface area contributed by atoms with Gasteiger partial charge in [-0.2, -0.15) is 5.10 Å². The molecular weight excluding hydrogens is 320 g/mol. The van der Waals surface area contributed by atoms with Crippen LogP contribution in [0.5, 0.6) is 0 Å². The molecule has 8 nitrogen and oxygen atoms in total. The molecule has 3 heterocycles. The topological polar surface area (TPSA) is 106 Å². The van der Waals surface area contributed by atoms with Crippen molar-refractivity contribution in [2.75, 3.05) is 19.6 Å². The van der Waals surface area contributed by atoms with E-state index in [0.29, 0.717) is 37.3 Å². The number of fused-ring (bicyclic) bond motifs is 1. The van der Waals surface area contributed by atoms with Crippen molar-refractivity contribution in [1.29, 1.82) is 0 Å². The zero-order valence-electron chi connectivity index (χ0n) is 14.4.